The summed E-state index contributed by atoms with van der Waals surface area (Å²) < 4.78 is 25.0. The van der Waals surface area contributed by atoms with Crippen LogP contribution in [-0.4, -0.2) is 38.7 Å². The van der Waals surface area contributed by atoms with E-state index in [4.69, 9.17) is 5.73 Å². The van der Waals surface area contributed by atoms with Gasteiger partial charge in [0, 0.05) is 11.7 Å². The Bertz CT molecular complexity index is 569. The van der Waals surface area contributed by atoms with Crippen LogP contribution in [0.1, 0.15) is 31.2 Å². The second-order valence-electron chi connectivity index (χ2n) is 5.76. The molecule has 1 saturated heterocycles. The van der Waals surface area contributed by atoms with E-state index in [2.05, 4.69) is 11.9 Å². The minimum absolute atomic E-state index is 0.201. The highest BCUT2D eigenvalue weighted by atomic mass is 32.2. The van der Waals surface area contributed by atoms with Gasteiger partial charge in [-0.25, -0.2) is 8.42 Å². The molecular weight excluding hydrogens is 272 g/mol. The molecule has 5 heteroatoms. The molecule has 0 aromatic heterocycles. The zero-order chi connectivity index (χ0) is 14.8. The Morgan fingerprint density at radius 1 is 1.35 bits per heavy atom. The molecule has 1 fully saturated rings. The van der Waals surface area contributed by atoms with Crippen molar-refractivity contribution in [2.45, 2.75) is 43.5 Å². The first-order valence-corrected chi connectivity index (χ1v) is 8.84. The van der Waals surface area contributed by atoms with E-state index in [1.165, 1.54) is 12.8 Å². The first kappa shape index (κ1) is 15.3. The maximum Gasteiger partial charge on any atom is 0.178 e. The third kappa shape index (κ3) is 3.52. The van der Waals surface area contributed by atoms with Crippen LogP contribution in [0.2, 0.25) is 0 Å². The van der Waals surface area contributed by atoms with Crippen LogP contribution in [0.4, 0.5) is 5.69 Å². The van der Waals surface area contributed by atoms with E-state index in [0.29, 0.717) is 23.0 Å². The quantitative estimate of drug-likeness (QED) is 0.865. The number of hydrogen-bond acceptors (Lipinski definition) is 4. The minimum Gasteiger partial charge on any atom is -0.399 e. The highest BCUT2D eigenvalue weighted by Gasteiger charge is 2.23. The van der Waals surface area contributed by atoms with Crippen LogP contribution >= 0.6 is 0 Å². The summed E-state index contributed by atoms with van der Waals surface area (Å²) in [5.74, 6) is 0.201. The summed E-state index contributed by atoms with van der Waals surface area (Å²) in [6.07, 6.45) is 4.22. The lowest BCUT2D eigenvalue weighted by atomic mass is 10.0. The second kappa shape index (κ2) is 6.14. The first-order chi connectivity index (χ1) is 9.40. The molecule has 0 bridgehead atoms. The van der Waals surface area contributed by atoms with Crippen LogP contribution in [0.25, 0.3) is 0 Å². The highest BCUT2D eigenvalue weighted by Crippen LogP contribution is 2.23. The molecule has 20 heavy (non-hydrogen) atoms. The molecule has 1 atom stereocenters. The molecule has 0 aliphatic carbocycles. The van der Waals surface area contributed by atoms with Gasteiger partial charge in [0.2, 0.25) is 0 Å². The van der Waals surface area contributed by atoms with Crippen LogP contribution in [0.15, 0.2) is 23.1 Å². The molecule has 112 valence electrons. The lowest BCUT2D eigenvalue weighted by molar-refractivity contribution is 0.181. The predicted octanol–water partition coefficient (Wildman–Crippen LogP) is 2.23. The van der Waals surface area contributed by atoms with Crippen LogP contribution in [0, 0.1) is 6.92 Å². The van der Waals surface area contributed by atoms with Crippen LogP contribution in [-0.2, 0) is 9.84 Å². The summed E-state index contributed by atoms with van der Waals surface area (Å²) >= 11 is 0. The van der Waals surface area contributed by atoms with Gasteiger partial charge in [0.05, 0.1) is 10.6 Å². The smallest absolute Gasteiger partial charge is 0.178 e. The summed E-state index contributed by atoms with van der Waals surface area (Å²) in [5.41, 5.74) is 6.99. The lowest BCUT2D eigenvalue weighted by Gasteiger charge is -2.32. The van der Waals surface area contributed by atoms with Crippen LogP contribution in [0.5, 0.6) is 0 Å². The number of anilines is 1. The van der Waals surface area contributed by atoms with Crippen LogP contribution in [0.3, 0.4) is 0 Å². The summed E-state index contributed by atoms with van der Waals surface area (Å²) in [4.78, 5) is 2.67. The van der Waals surface area contributed by atoms with Crippen molar-refractivity contribution in [3.63, 3.8) is 0 Å². The Morgan fingerprint density at radius 2 is 2.10 bits per heavy atom. The SMILES string of the molecule is Cc1ccc(N)cc1S(=O)(=O)CCC1CCCCN1C. The molecule has 2 N–H and O–H groups in total. The standard InChI is InChI=1S/C15H24N2O2S/c1-12-6-7-13(16)11-15(12)20(18,19)10-8-14-5-3-4-9-17(14)2/h6-7,11,14H,3-5,8-10,16H2,1-2H3. The highest BCUT2D eigenvalue weighted by molar-refractivity contribution is 7.91. The number of piperidine rings is 1. The zero-order valence-corrected chi connectivity index (χ0v) is 13.1. The van der Waals surface area contributed by atoms with E-state index in [9.17, 15) is 8.42 Å². The van der Waals surface area contributed by atoms with E-state index in [1.807, 2.05) is 6.92 Å². The minimum atomic E-state index is -3.24. The van der Waals surface area contributed by atoms with Crippen LogP contribution < -0.4 is 5.73 Å². The summed E-state index contributed by atoms with van der Waals surface area (Å²) in [5, 5.41) is 0. The number of sulfone groups is 1. The molecule has 1 unspecified atom stereocenters. The third-order valence-electron chi connectivity index (χ3n) is 4.19. The third-order valence-corrected chi connectivity index (χ3v) is 6.07. The zero-order valence-electron chi connectivity index (χ0n) is 12.3. The predicted molar refractivity (Wildman–Crippen MR) is 82.5 cm³/mol. The molecule has 0 saturated carbocycles. The van der Waals surface area contributed by atoms with Gasteiger partial charge in [-0.05, 0) is 57.5 Å². The molecule has 1 heterocycles. The lowest BCUT2D eigenvalue weighted by Crippen LogP contribution is -2.37. The van der Waals surface area contributed by atoms with Gasteiger partial charge in [-0.2, -0.15) is 0 Å². The maximum atomic E-state index is 12.5. The topological polar surface area (TPSA) is 63.4 Å². The fourth-order valence-electron chi connectivity index (χ4n) is 2.86. The largest absolute Gasteiger partial charge is 0.399 e. The Labute approximate surface area is 121 Å². The van der Waals surface area contributed by atoms with Crippen molar-refractivity contribution in [3.05, 3.63) is 23.8 Å². The van der Waals surface area contributed by atoms with Crippen molar-refractivity contribution in [1.29, 1.82) is 0 Å². The van der Waals surface area contributed by atoms with E-state index in [0.717, 1.165) is 18.5 Å². The molecule has 0 spiro atoms. The fraction of sp³-hybridized carbons (Fsp3) is 0.600. The Balaban J connectivity index is 2.09. The Kier molecular flexibility index (Phi) is 4.70. The van der Waals surface area contributed by atoms with Gasteiger partial charge < -0.3 is 10.6 Å². The molecule has 0 amide bonds. The number of nitrogens with two attached hydrogens (primary N) is 1. The molecular formula is C15H24N2O2S. The van der Waals surface area contributed by atoms with Crippen molar-refractivity contribution in [1.82, 2.24) is 4.90 Å². The van der Waals surface area contributed by atoms with Crippen molar-refractivity contribution in [2.75, 3.05) is 25.1 Å². The number of benzene rings is 1. The Hall–Kier alpha value is -1.07. The van der Waals surface area contributed by atoms with Gasteiger partial charge in [-0.1, -0.05) is 12.5 Å². The maximum absolute atomic E-state index is 12.5. The summed E-state index contributed by atoms with van der Waals surface area (Å²) in [7, 11) is -1.16. The second-order valence-corrected chi connectivity index (χ2v) is 7.84. The fourth-order valence-corrected chi connectivity index (χ4v) is 4.54. The van der Waals surface area contributed by atoms with E-state index in [-0.39, 0.29) is 5.75 Å². The molecule has 4 nitrogen and oxygen atoms in total. The number of rotatable bonds is 4. The van der Waals surface area contributed by atoms with Gasteiger partial charge >= 0.3 is 0 Å². The average Bonchev–Trinajstić information content (AvgIpc) is 2.40. The molecule has 1 aliphatic heterocycles. The van der Waals surface area contributed by atoms with Crippen molar-refractivity contribution < 1.29 is 8.42 Å². The van der Waals surface area contributed by atoms with E-state index in [1.54, 1.807) is 18.2 Å². The summed E-state index contributed by atoms with van der Waals surface area (Å²) in [6, 6.07) is 5.48. The van der Waals surface area contributed by atoms with Gasteiger partial charge in [0.25, 0.3) is 0 Å². The Morgan fingerprint density at radius 3 is 2.80 bits per heavy atom. The molecule has 2 rings (SSSR count). The average molecular weight is 296 g/mol. The van der Waals surface area contributed by atoms with Gasteiger partial charge in [-0.15, -0.1) is 0 Å². The number of hydrogen-bond donors (Lipinski definition) is 1. The first-order valence-electron chi connectivity index (χ1n) is 7.19. The van der Waals surface area contributed by atoms with Gasteiger partial charge in [0.15, 0.2) is 9.84 Å². The number of nitrogens with zero attached hydrogens (tertiary/aromatic N) is 1. The van der Waals surface area contributed by atoms with E-state index >= 15 is 0 Å². The molecule has 1 aromatic rings. The van der Waals surface area contributed by atoms with Crippen molar-refractivity contribution in [2.24, 2.45) is 0 Å². The molecule has 0 radical (unpaired) electrons. The normalized spacial score (nSPS) is 21.0. The van der Waals surface area contributed by atoms with Crippen molar-refractivity contribution >= 4 is 15.5 Å². The van der Waals surface area contributed by atoms with Crippen molar-refractivity contribution in [3.8, 4) is 0 Å². The number of nitrogen functional groups attached to an aromatic ring is 1. The van der Waals surface area contributed by atoms with Gasteiger partial charge in [-0.3, -0.25) is 0 Å². The molecule has 1 aromatic carbocycles. The van der Waals surface area contributed by atoms with E-state index < -0.39 is 9.84 Å². The summed E-state index contributed by atoms with van der Waals surface area (Å²) in [6.45, 7) is 2.89. The monoisotopic (exact) mass is 296 g/mol. The molecule has 1 aliphatic rings. The van der Waals surface area contributed by atoms with Gasteiger partial charge in [0.1, 0.15) is 0 Å². The number of aryl methyl sites for hydroxylation is 1. The number of likely N-dealkylation sites (tertiary alicyclic amines) is 1.